The summed E-state index contributed by atoms with van der Waals surface area (Å²) in [6.07, 6.45) is 4.53. The highest BCUT2D eigenvalue weighted by molar-refractivity contribution is 5.56. The van der Waals surface area contributed by atoms with E-state index in [9.17, 15) is 10.1 Å². The van der Waals surface area contributed by atoms with Crippen molar-refractivity contribution in [3.05, 3.63) is 46.3 Å². The van der Waals surface area contributed by atoms with Gasteiger partial charge in [0.25, 0.3) is 5.69 Å². The lowest BCUT2D eigenvalue weighted by Gasteiger charge is -2.15. The zero-order valence-corrected chi connectivity index (χ0v) is 12.8. The number of aryl methyl sites for hydroxylation is 1. The highest BCUT2D eigenvalue weighted by Crippen LogP contribution is 2.40. The molecule has 8 nitrogen and oxygen atoms in total. The fourth-order valence-corrected chi connectivity index (χ4v) is 2.55. The van der Waals surface area contributed by atoms with Crippen LogP contribution in [0.1, 0.15) is 24.9 Å². The van der Waals surface area contributed by atoms with Gasteiger partial charge < -0.3 is 14.8 Å². The molecule has 2 heterocycles. The number of hydrogen-bond donors (Lipinski definition) is 1. The van der Waals surface area contributed by atoms with E-state index in [1.54, 1.807) is 12.3 Å². The number of nitrogens with zero attached hydrogens (tertiary/aromatic N) is 3. The van der Waals surface area contributed by atoms with E-state index in [1.807, 2.05) is 23.9 Å². The fraction of sp³-hybridized carbons (Fsp3) is 0.400. The molecule has 0 bridgehead atoms. The van der Waals surface area contributed by atoms with Crippen LogP contribution in [0.25, 0.3) is 0 Å². The molecule has 122 valence electrons. The number of hydrogen-bond acceptors (Lipinski definition) is 6. The topological polar surface area (TPSA) is 91.5 Å². The second-order valence-corrected chi connectivity index (χ2v) is 5.32. The Hall–Kier alpha value is -2.61. The van der Waals surface area contributed by atoms with Gasteiger partial charge in [-0.2, -0.15) is 5.10 Å². The quantitative estimate of drug-likeness (QED) is 0.478. The van der Waals surface area contributed by atoms with Crippen LogP contribution in [-0.4, -0.2) is 28.0 Å². The van der Waals surface area contributed by atoms with Gasteiger partial charge in [-0.05, 0) is 32.0 Å². The average molecular weight is 318 g/mol. The normalized spacial score (nSPS) is 14.0. The molecular weight excluding hydrogens is 300 g/mol. The first-order valence-corrected chi connectivity index (χ1v) is 7.44. The first-order chi connectivity index (χ1) is 11.1. The SMILES string of the molecule is C[C@@H](NCCCn1cccn1)c1cc2c(cc1[N+](=O)[O-])OCO2. The maximum absolute atomic E-state index is 11.3. The average Bonchev–Trinajstić information content (AvgIpc) is 3.20. The Morgan fingerprint density at radius 1 is 1.43 bits per heavy atom. The van der Waals surface area contributed by atoms with Gasteiger partial charge in [0.05, 0.1) is 16.6 Å². The molecule has 0 unspecified atom stereocenters. The Balaban J connectivity index is 1.64. The minimum absolute atomic E-state index is 0.0429. The van der Waals surface area contributed by atoms with Crippen LogP contribution in [0.5, 0.6) is 11.5 Å². The van der Waals surface area contributed by atoms with Crippen LogP contribution in [0.4, 0.5) is 5.69 Å². The zero-order chi connectivity index (χ0) is 16.2. The summed E-state index contributed by atoms with van der Waals surface area (Å²) in [5.74, 6) is 0.974. The zero-order valence-electron chi connectivity index (χ0n) is 12.8. The Kier molecular flexibility index (Phi) is 4.42. The smallest absolute Gasteiger partial charge is 0.278 e. The van der Waals surface area contributed by atoms with Crippen LogP contribution >= 0.6 is 0 Å². The Bertz CT molecular complexity index is 687. The van der Waals surface area contributed by atoms with E-state index in [0.29, 0.717) is 17.1 Å². The lowest BCUT2D eigenvalue weighted by Crippen LogP contribution is -2.22. The largest absolute Gasteiger partial charge is 0.454 e. The predicted molar refractivity (Wildman–Crippen MR) is 82.5 cm³/mol. The summed E-state index contributed by atoms with van der Waals surface area (Å²) < 4.78 is 12.4. The van der Waals surface area contributed by atoms with Gasteiger partial charge >= 0.3 is 0 Å². The van der Waals surface area contributed by atoms with Gasteiger partial charge in [-0.3, -0.25) is 14.8 Å². The van der Waals surface area contributed by atoms with E-state index in [1.165, 1.54) is 6.07 Å². The summed E-state index contributed by atoms with van der Waals surface area (Å²) in [5, 5.41) is 18.7. The van der Waals surface area contributed by atoms with E-state index in [4.69, 9.17) is 9.47 Å². The fourth-order valence-electron chi connectivity index (χ4n) is 2.55. The standard InChI is InChI=1S/C15H18N4O4/c1-11(16-4-2-6-18-7-3-5-17-18)12-8-14-15(23-10-22-14)9-13(12)19(20)21/h3,5,7-9,11,16H,2,4,6,10H2,1H3/t11-/m1/s1. The van der Waals surface area contributed by atoms with Crippen molar-refractivity contribution in [2.45, 2.75) is 25.9 Å². The van der Waals surface area contributed by atoms with Crippen LogP contribution in [0, 0.1) is 10.1 Å². The molecule has 1 aliphatic rings. The molecule has 0 aliphatic carbocycles. The number of nitro groups is 1. The Morgan fingerprint density at radius 2 is 2.22 bits per heavy atom. The first kappa shape index (κ1) is 15.3. The van der Waals surface area contributed by atoms with Crippen LogP contribution in [0.3, 0.4) is 0 Å². The monoisotopic (exact) mass is 318 g/mol. The van der Waals surface area contributed by atoms with Gasteiger partial charge in [-0.15, -0.1) is 0 Å². The van der Waals surface area contributed by atoms with Gasteiger partial charge in [-0.1, -0.05) is 0 Å². The first-order valence-electron chi connectivity index (χ1n) is 7.44. The summed E-state index contributed by atoms with van der Waals surface area (Å²) in [4.78, 5) is 10.9. The molecule has 0 saturated heterocycles. The molecule has 23 heavy (non-hydrogen) atoms. The van der Waals surface area contributed by atoms with Gasteiger partial charge in [0, 0.05) is 25.0 Å². The van der Waals surface area contributed by atoms with Crippen molar-refractivity contribution in [1.82, 2.24) is 15.1 Å². The lowest BCUT2D eigenvalue weighted by molar-refractivity contribution is -0.385. The third-order valence-electron chi connectivity index (χ3n) is 3.76. The van der Waals surface area contributed by atoms with Crippen molar-refractivity contribution >= 4 is 5.69 Å². The van der Waals surface area contributed by atoms with Crippen LogP contribution in [-0.2, 0) is 6.54 Å². The molecule has 0 spiro atoms. The lowest BCUT2D eigenvalue weighted by atomic mass is 10.0. The minimum Gasteiger partial charge on any atom is -0.454 e. The highest BCUT2D eigenvalue weighted by atomic mass is 16.7. The molecule has 0 fully saturated rings. The highest BCUT2D eigenvalue weighted by Gasteiger charge is 2.25. The molecule has 8 heteroatoms. The third kappa shape index (κ3) is 3.42. The van der Waals surface area contributed by atoms with Crippen LogP contribution < -0.4 is 14.8 Å². The van der Waals surface area contributed by atoms with Crippen LogP contribution in [0.2, 0.25) is 0 Å². The van der Waals surface area contributed by atoms with E-state index in [2.05, 4.69) is 10.4 Å². The molecule has 2 aromatic rings. The number of benzene rings is 1. The van der Waals surface area contributed by atoms with Crippen molar-refractivity contribution in [2.75, 3.05) is 13.3 Å². The molecule has 3 rings (SSSR count). The van der Waals surface area contributed by atoms with E-state index >= 15 is 0 Å². The number of fused-ring (bicyclic) bond motifs is 1. The number of rotatable bonds is 7. The van der Waals surface area contributed by atoms with E-state index in [0.717, 1.165) is 19.5 Å². The number of nitro benzene ring substituents is 1. The van der Waals surface area contributed by atoms with E-state index in [-0.39, 0.29) is 23.4 Å². The maximum Gasteiger partial charge on any atom is 0.278 e. The summed E-state index contributed by atoms with van der Waals surface area (Å²) in [5.41, 5.74) is 0.639. The molecule has 1 aromatic carbocycles. The van der Waals surface area contributed by atoms with Gasteiger partial charge in [0.1, 0.15) is 0 Å². The van der Waals surface area contributed by atoms with Crippen molar-refractivity contribution in [1.29, 1.82) is 0 Å². The second kappa shape index (κ2) is 6.66. The van der Waals surface area contributed by atoms with E-state index < -0.39 is 0 Å². The number of aromatic nitrogens is 2. The van der Waals surface area contributed by atoms with Gasteiger partial charge in [0.2, 0.25) is 6.79 Å². The molecule has 0 radical (unpaired) electrons. The summed E-state index contributed by atoms with van der Waals surface area (Å²) in [7, 11) is 0. The van der Waals surface area contributed by atoms with Crippen molar-refractivity contribution in [3.63, 3.8) is 0 Å². The third-order valence-corrected chi connectivity index (χ3v) is 3.76. The molecule has 1 N–H and O–H groups in total. The van der Waals surface area contributed by atoms with Crippen molar-refractivity contribution in [2.24, 2.45) is 0 Å². The Morgan fingerprint density at radius 3 is 2.91 bits per heavy atom. The van der Waals surface area contributed by atoms with Crippen molar-refractivity contribution < 1.29 is 14.4 Å². The molecule has 0 saturated carbocycles. The minimum atomic E-state index is -0.390. The predicted octanol–water partition coefficient (Wildman–Crippen LogP) is 2.26. The molecule has 1 atom stereocenters. The maximum atomic E-state index is 11.3. The molecule has 1 aromatic heterocycles. The van der Waals surface area contributed by atoms with Gasteiger partial charge in [-0.25, -0.2) is 0 Å². The number of nitrogens with one attached hydrogen (secondary N) is 1. The molecule has 1 aliphatic heterocycles. The van der Waals surface area contributed by atoms with Crippen molar-refractivity contribution in [3.8, 4) is 11.5 Å². The Labute approximate surface area is 133 Å². The number of ether oxygens (including phenoxy) is 2. The molecule has 0 amide bonds. The summed E-state index contributed by atoms with van der Waals surface area (Å²) in [6, 6.07) is 4.83. The van der Waals surface area contributed by atoms with Gasteiger partial charge in [0.15, 0.2) is 11.5 Å². The second-order valence-electron chi connectivity index (χ2n) is 5.32. The molecular formula is C15H18N4O4. The summed E-state index contributed by atoms with van der Waals surface area (Å²) in [6.45, 7) is 3.53. The van der Waals surface area contributed by atoms with Crippen LogP contribution in [0.15, 0.2) is 30.6 Å². The summed E-state index contributed by atoms with van der Waals surface area (Å²) >= 11 is 0.